The minimum Gasteiger partial charge on any atom is -0.484 e. The number of amides is 1. The summed E-state index contributed by atoms with van der Waals surface area (Å²) in [4.78, 5) is 33.0. The fourth-order valence-corrected chi connectivity index (χ4v) is 2.00. The largest absolute Gasteiger partial charge is 0.484 e. The Labute approximate surface area is 136 Å². The third-order valence-electron chi connectivity index (χ3n) is 3.26. The van der Waals surface area contributed by atoms with Gasteiger partial charge in [0, 0.05) is 17.8 Å². The molecule has 0 unspecified atom stereocenters. The van der Waals surface area contributed by atoms with Crippen LogP contribution >= 0.6 is 0 Å². The zero-order valence-electron chi connectivity index (χ0n) is 12.7. The van der Waals surface area contributed by atoms with Gasteiger partial charge in [0.2, 0.25) is 0 Å². The molecule has 8 nitrogen and oxygen atoms in total. The number of nitro groups is 1. The van der Waals surface area contributed by atoms with Gasteiger partial charge >= 0.3 is 5.97 Å². The number of hydrogen-bond acceptors (Lipinski definition) is 5. The fourth-order valence-electron chi connectivity index (χ4n) is 2.00. The quantitative estimate of drug-likeness (QED) is 0.621. The molecule has 0 aromatic heterocycles. The number of non-ortho nitro benzene ring substituents is 1. The van der Waals surface area contributed by atoms with Crippen molar-refractivity contribution in [1.82, 2.24) is 0 Å². The Morgan fingerprint density at radius 3 is 2.46 bits per heavy atom. The highest BCUT2D eigenvalue weighted by molar-refractivity contribution is 5.96. The smallest absolute Gasteiger partial charge is 0.336 e. The standard InChI is InChI=1S/C16H14N2O6/c1-10-13(16(20)21)3-2-4-14(10)17-15(19)9-24-12-7-5-11(6-8-12)18(22)23/h2-8H,9H2,1H3,(H,17,19)(H,20,21). The lowest BCUT2D eigenvalue weighted by molar-refractivity contribution is -0.384. The lowest BCUT2D eigenvalue weighted by Crippen LogP contribution is -2.21. The molecular weight excluding hydrogens is 316 g/mol. The number of carbonyl (C=O) groups excluding carboxylic acids is 1. The van der Waals surface area contributed by atoms with Gasteiger partial charge in [0.25, 0.3) is 11.6 Å². The van der Waals surface area contributed by atoms with E-state index in [0.29, 0.717) is 17.0 Å². The molecule has 2 rings (SSSR count). The summed E-state index contributed by atoms with van der Waals surface area (Å²) in [7, 11) is 0. The molecule has 124 valence electrons. The van der Waals surface area contributed by atoms with Gasteiger partial charge in [-0.15, -0.1) is 0 Å². The molecule has 0 aliphatic rings. The highest BCUT2D eigenvalue weighted by Crippen LogP contribution is 2.20. The summed E-state index contributed by atoms with van der Waals surface area (Å²) in [6.45, 7) is 1.28. The minimum absolute atomic E-state index is 0.0760. The van der Waals surface area contributed by atoms with Crippen LogP contribution in [0.4, 0.5) is 11.4 Å². The maximum Gasteiger partial charge on any atom is 0.336 e. The fraction of sp³-hybridized carbons (Fsp3) is 0.125. The lowest BCUT2D eigenvalue weighted by atomic mass is 10.1. The van der Waals surface area contributed by atoms with Crippen LogP contribution in [0.1, 0.15) is 15.9 Å². The van der Waals surface area contributed by atoms with Gasteiger partial charge < -0.3 is 15.2 Å². The maximum atomic E-state index is 11.9. The van der Waals surface area contributed by atoms with Crippen LogP contribution < -0.4 is 10.1 Å². The number of nitro benzene ring substituents is 1. The molecule has 0 fully saturated rings. The molecule has 0 saturated carbocycles. The molecule has 2 aromatic rings. The van der Waals surface area contributed by atoms with Crippen molar-refractivity contribution in [2.45, 2.75) is 6.92 Å². The van der Waals surface area contributed by atoms with Crippen LogP contribution in [-0.2, 0) is 4.79 Å². The van der Waals surface area contributed by atoms with E-state index in [9.17, 15) is 19.7 Å². The normalized spacial score (nSPS) is 10.0. The Hall–Kier alpha value is -3.42. The summed E-state index contributed by atoms with van der Waals surface area (Å²) >= 11 is 0. The Bertz CT molecular complexity index is 786. The number of carbonyl (C=O) groups is 2. The van der Waals surface area contributed by atoms with E-state index in [2.05, 4.69) is 5.32 Å². The zero-order chi connectivity index (χ0) is 17.7. The predicted octanol–water partition coefficient (Wildman–Crippen LogP) is 2.62. The number of nitrogens with one attached hydrogen (secondary N) is 1. The second-order valence-corrected chi connectivity index (χ2v) is 4.87. The minimum atomic E-state index is -1.08. The number of hydrogen-bond donors (Lipinski definition) is 2. The monoisotopic (exact) mass is 330 g/mol. The summed E-state index contributed by atoms with van der Waals surface area (Å²) in [5, 5.41) is 22.2. The molecule has 2 N–H and O–H groups in total. The van der Waals surface area contributed by atoms with Crippen LogP contribution in [0.3, 0.4) is 0 Å². The van der Waals surface area contributed by atoms with Crippen molar-refractivity contribution in [1.29, 1.82) is 0 Å². The van der Waals surface area contributed by atoms with Gasteiger partial charge in [-0.25, -0.2) is 4.79 Å². The van der Waals surface area contributed by atoms with Crippen molar-refractivity contribution in [2.75, 3.05) is 11.9 Å². The number of benzene rings is 2. The summed E-state index contributed by atoms with van der Waals surface area (Å²) < 4.78 is 5.24. The number of ether oxygens (including phenoxy) is 1. The van der Waals surface area contributed by atoms with E-state index in [0.717, 1.165) is 0 Å². The van der Waals surface area contributed by atoms with E-state index in [1.807, 2.05) is 0 Å². The first-order valence-corrected chi connectivity index (χ1v) is 6.88. The summed E-state index contributed by atoms with van der Waals surface area (Å²) in [6.07, 6.45) is 0. The highest BCUT2D eigenvalue weighted by Gasteiger charge is 2.12. The van der Waals surface area contributed by atoms with Crippen LogP contribution in [0.25, 0.3) is 0 Å². The Morgan fingerprint density at radius 1 is 1.21 bits per heavy atom. The van der Waals surface area contributed by atoms with Gasteiger partial charge in [-0.1, -0.05) is 6.07 Å². The average Bonchev–Trinajstić information content (AvgIpc) is 2.55. The van der Waals surface area contributed by atoms with Gasteiger partial charge in [-0.3, -0.25) is 14.9 Å². The first-order chi connectivity index (χ1) is 11.4. The van der Waals surface area contributed by atoms with Crippen LogP contribution in [0, 0.1) is 17.0 Å². The third-order valence-corrected chi connectivity index (χ3v) is 3.26. The maximum absolute atomic E-state index is 11.9. The van der Waals surface area contributed by atoms with Crippen molar-refractivity contribution in [3.8, 4) is 5.75 Å². The van der Waals surface area contributed by atoms with Gasteiger partial charge in [0.1, 0.15) is 5.75 Å². The summed E-state index contributed by atoms with van der Waals surface area (Å²) in [5.41, 5.74) is 0.845. The van der Waals surface area contributed by atoms with E-state index in [1.165, 1.54) is 36.4 Å². The first-order valence-electron chi connectivity index (χ1n) is 6.88. The molecule has 8 heteroatoms. The van der Waals surface area contributed by atoms with Crippen LogP contribution in [0.2, 0.25) is 0 Å². The Morgan fingerprint density at radius 2 is 1.88 bits per heavy atom. The molecule has 2 aromatic carbocycles. The van der Waals surface area contributed by atoms with E-state index < -0.39 is 16.8 Å². The van der Waals surface area contributed by atoms with Crippen molar-refractivity contribution < 1.29 is 24.4 Å². The van der Waals surface area contributed by atoms with Crippen molar-refractivity contribution >= 4 is 23.3 Å². The van der Waals surface area contributed by atoms with Crippen LogP contribution in [0.15, 0.2) is 42.5 Å². The van der Waals surface area contributed by atoms with Gasteiger partial charge in [0.15, 0.2) is 6.61 Å². The molecule has 24 heavy (non-hydrogen) atoms. The van der Waals surface area contributed by atoms with E-state index in [1.54, 1.807) is 13.0 Å². The Kier molecular flexibility index (Phi) is 5.10. The number of nitrogens with zero attached hydrogens (tertiary/aromatic N) is 1. The number of carboxylic acids is 1. The molecule has 0 saturated heterocycles. The summed E-state index contributed by atoms with van der Waals surface area (Å²) in [6, 6.07) is 9.89. The Balaban J connectivity index is 1.98. The number of rotatable bonds is 6. The van der Waals surface area contributed by atoms with Gasteiger partial charge in [-0.05, 0) is 36.8 Å². The van der Waals surface area contributed by atoms with E-state index in [-0.39, 0.29) is 17.9 Å². The first kappa shape index (κ1) is 16.9. The number of anilines is 1. The van der Waals surface area contributed by atoms with E-state index in [4.69, 9.17) is 9.84 Å². The van der Waals surface area contributed by atoms with Crippen molar-refractivity contribution in [3.63, 3.8) is 0 Å². The molecule has 0 atom stereocenters. The highest BCUT2D eigenvalue weighted by atomic mass is 16.6. The van der Waals surface area contributed by atoms with Crippen LogP contribution in [0.5, 0.6) is 5.75 Å². The summed E-state index contributed by atoms with van der Waals surface area (Å²) in [5.74, 6) is -1.24. The number of carboxylic acid groups (broad SMARTS) is 1. The molecule has 1 amide bonds. The molecule has 0 aliphatic carbocycles. The zero-order valence-corrected chi connectivity index (χ0v) is 12.7. The molecule has 0 heterocycles. The number of aromatic carboxylic acids is 1. The topological polar surface area (TPSA) is 119 Å². The average molecular weight is 330 g/mol. The third kappa shape index (κ3) is 4.07. The molecule has 0 bridgehead atoms. The molecular formula is C16H14N2O6. The second kappa shape index (κ2) is 7.23. The van der Waals surface area contributed by atoms with Gasteiger partial charge in [0.05, 0.1) is 10.5 Å². The predicted molar refractivity (Wildman–Crippen MR) is 85.4 cm³/mol. The lowest BCUT2D eigenvalue weighted by Gasteiger charge is -2.11. The van der Waals surface area contributed by atoms with E-state index >= 15 is 0 Å². The molecule has 0 aliphatic heterocycles. The van der Waals surface area contributed by atoms with Crippen molar-refractivity contribution in [3.05, 3.63) is 63.7 Å². The molecule has 0 spiro atoms. The second-order valence-electron chi connectivity index (χ2n) is 4.87. The van der Waals surface area contributed by atoms with Crippen LogP contribution in [-0.4, -0.2) is 28.5 Å². The van der Waals surface area contributed by atoms with Crippen molar-refractivity contribution in [2.24, 2.45) is 0 Å². The van der Waals surface area contributed by atoms with Gasteiger partial charge in [-0.2, -0.15) is 0 Å². The molecule has 0 radical (unpaired) electrons. The SMILES string of the molecule is Cc1c(NC(=O)COc2ccc([N+](=O)[O-])cc2)cccc1C(=O)O.